The monoisotopic (exact) mass is 583 g/mol. The summed E-state index contributed by atoms with van der Waals surface area (Å²) in [5.41, 5.74) is 1.26. The van der Waals surface area contributed by atoms with Gasteiger partial charge >= 0.3 is 5.97 Å². The van der Waals surface area contributed by atoms with Crippen molar-refractivity contribution in [2.75, 3.05) is 17.1 Å². The molecule has 4 aromatic rings. The predicted molar refractivity (Wildman–Crippen MR) is 150 cm³/mol. The number of hydrogen-bond donors (Lipinski definition) is 0. The topological polar surface area (TPSA) is 129 Å². The van der Waals surface area contributed by atoms with Crippen LogP contribution >= 0.6 is 0 Å². The summed E-state index contributed by atoms with van der Waals surface area (Å²) in [5.74, 6) is -3.10. The molecule has 0 N–H and O–H groups in total. The summed E-state index contributed by atoms with van der Waals surface area (Å²) in [5, 5.41) is 12.6. The van der Waals surface area contributed by atoms with E-state index < -0.39 is 46.6 Å². The molecule has 2 amide bonds. The average Bonchev–Trinajstić information content (AvgIpc) is 3.53. The molecule has 12 heteroatoms. The lowest BCUT2D eigenvalue weighted by atomic mass is 9.90. The first kappa shape index (κ1) is 27.5. The van der Waals surface area contributed by atoms with Gasteiger partial charge in [0.1, 0.15) is 11.7 Å². The van der Waals surface area contributed by atoms with Gasteiger partial charge in [0.25, 0.3) is 11.6 Å². The van der Waals surface area contributed by atoms with Crippen molar-refractivity contribution < 1.29 is 38.0 Å². The lowest BCUT2D eigenvalue weighted by molar-refractivity contribution is -0.384. The third-order valence-corrected chi connectivity index (χ3v) is 7.26. The zero-order valence-electron chi connectivity index (χ0n) is 22.5. The summed E-state index contributed by atoms with van der Waals surface area (Å²) in [4.78, 5) is 57.7. The number of carbonyl (C=O) groups is 3. The highest BCUT2D eigenvalue weighted by Gasteiger charge is 2.60. The van der Waals surface area contributed by atoms with Gasteiger partial charge in [0.15, 0.2) is 17.6 Å². The number of hydrogen-bond acceptors (Lipinski definition) is 9. The van der Waals surface area contributed by atoms with E-state index in [0.29, 0.717) is 11.3 Å². The van der Waals surface area contributed by atoms with Gasteiger partial charge in [0.05, 0.1) is 35.0 Å². The van der Waals surface area contributed by atoms with Gasteiger partial charge in [0.2, 0.25) is 5.91 Å². The van der Waals surface area contributed by atoms with Gasteiger partial charge in [-0.05, 0) is 66.2 Å². The lowest BCUT2D eigenvalue weighted by Gasteiger charge is -2.29. The first-order valence-corrected chi connectivity index (χ1v) is 13.1. The van der Waals surface area contributed by atoms with Crippen molar-refractivity contribution in [1.82, 2.24) is 0 Å². The van der Waals surface area contributed by atoms with E-state index in [1.165, 1.54) is 54.6 Å². The second-order valence-electron chi connectivity index (χ2n) is 9.75. The quantitative estimate of drug-likeness (QED) is 0.0969. The number of rotatable bonds is 7. The first-order chi connectivity index (χ1) is 20.8. The number of ether oxygens (including phenoxy) is 2. The molecule has 0 bridgehead atoms. The highest BCUT2D eigenvalue weighted by atomic mass is 19.1. The van der Waals surface area contributed by atoms with Gasteiger partial charge in [-0.1, -0.05) is 24.3 Å². The molecule has 0 radical (unpaired) electrons. The third-order valence-electron chi connectivity index (χ3n) is 7.26. The molecule has 2 aliphatic heterocycles. The SMILES string of the molecule is COc1cc([C@@H]2[C@@H]3C(=O)N(c4ccc([N+](=O)[O-])cc4)C(=O)[C@H]3ON2c2ccccc2)ccc1OC(=O)c1ccc(F)cc1. The summed E-state index contributed by atoms with van der Waals surface area (Å²) >= 11 is 0. The number of hydroxylamine groups is 1. The fraction of sp³-hybridized carbons (Fsp3) is 0.129. The molecule has 0 unspecified atom stereocenters. The van der Waals surface area contributed by atoms with E-state index in [0.717, 1.165) is 17.0 Å². The van der Waals surface area contributed by atoms with E-state index in [-0.39, 0.29) is 28.4 Å². The van der Waals surface area contributed by atoms with Crippen molar-refractivity contribution in [2.24, 2.45) is 5.92 Å². The number of benzene rings is 4. The number of nitrogens with zero attached hydrogens (tertiary/aromatic N) is 3. The van der Waals surface area contributed by atoms with Crippen LogP contribution in [0, 0.1) is 21.8 Å². The maximum atomic E-state index is 13.9. The van der Waals surface area contributed by atoms with Gasteiger partial charge in [0, 0.05) is 12.1 Å². The van der Waals surface area contributed by atoms with E-state index in [1.807, 2.05) is 6.07 Å². The average molecular weight is 584 g/mol. The number of amides is 2. The van der Waals surface area contributed by atoms with Crippen LogP contribution in [0.3, 0.4) is 0 Å². The van der Waals surface area contributed by atoms with E-state index >= 15 is 0 Å². The minimum Gasteiger partial charge on any atom is -0.493 e. The van der Waals surface area contributed by atoms with Gasteiger partial charge in [-0.15, -0.1) is 0 Å². The Bertz CT molecular complexity index is 1730. The van der Waals surface area contributed by atoms with Crippen LogP contribution < -0.4 is 19.4 Å². The number of fused-ring (bicyclic) bond motifs is 1. The summed E-state index contributed by atoms with van der Waals surface area (Å²) in [7, 11) is 1.39. The number of anilines is 2. The molecule has 2 saturated heterocycles. The molecule has 0 aliphatic carbocycles. The zero-order chi connectivity index (χ0) is 30.2. The van der Waals surface area contributed by atoms with Crippen molar-refractivity contribution in [2.45, 2.75) is 12.1 Å². The number of carbonyl (C=O) groups excluding carboxylic acids is 3. The largest absolute Gasteiger partial charge is 0.493 e. The molecule has 0 saturated carbocycles. The summed E-state index contributed by atoms with van der Waals surface area (Å²) < 4.78 is 24.3. The highest BCUT2D eigenvalue weighted by Crippen LogP contribution is 2.48. The number of non-ortho nitro benzene ring substituents is 1. The van der Waals surface area contributed by atoms with Crippen LogP contribution in [0.2, 0.25) is 0 Å². The van der Waals surface area contributed by atoms with Crippen LogP contribution in [0.25, 0.3) is 0 Å². The third kappa shape index (κ3) is 4.93. The van der Waals surface area contributed by atoms with Gasteiger partial charge in [-0.25, -0.2) is 19.1 Å². The fourth-order valence-electron chi connectivity index (χ4n) is 5.23. The van der Waals surface area contributed by atoms with Crippen molar-refractivity contribution >= 4 is 34.8 Å². The molecule has 6 rings (SSSR count). The summed E-state index contributed by atoms with van der Waals surface area (Å²) in [6.45, 7) is 0. The molecule has 216 valence electrons. The normalized spacial score (nSPS) is 19.3. The maximum Gasteiger partial charge on any atom is 0.343 e. The summed E-state index contributed by atoms with van der Waals surface area (Å²) in [6.07, 6.45) is -1.17. The number of imide groups is 1. The number of methoxy groups -OCH3 is 1. The Morgan fingerprint density at radius 2 is 1.58 bits per heavy atom. The minimum atomic E-state index is -1.17. The van der Waals surface area contributed by atoms with Crippen LogP contribution in [0.15, 0.2) is 97.1 Å². The van der Waals surface area contributed by atoms with Crippen LogP contribution in [0.4, 0.5) is 21.5 Å². The van der Waals surface area contributed by atoms with Gasteiger partial charge in [-0.3, -0.25) is 24.5 Å². The Hall–Kier alpha value is -5.62. The fourth-order valence-corrected chi connectivity index (χ4v) is 5.23. The molecule has 0 spiro atoms. The highest BCUT2D eigenvalue weighted by molar-refractivity contribution is 6.24. The Labute approximate surface area is 243 Å². The number of para-hydroxylation sites is 1. The molecule has 2 fully saturated rings. The Morgan fingerprint density at radius 3 is 2.23 bits per heavy atom. The van der Waals surface area contributed by atoms with E-state index in [9.17, 15) is 28.9 Å². The van der Waals surface area contributed by atoms with E-state index in [4.69, 9.17) is 14.3 Å². The number of nitro benzene ring substituents is 1. The smallest absolute Gasteiger partial charge is 0.343 e. The second kappa shape index (κ2) is 11.0. The maximum absolute atomic E-state index is 13.9. The zero-order valence-corrected chi connectivity index (χ0v) is 22.5. The molecule has 11 nitrogen and oxygen atoms in total. The van der Waals surface area contributed by atoms with Gasteiger partial charge < -0.3 is 9.47 Å². The van der Waals surface area contributed by atoms with Crippen LogP contribution in [0.5, 0.6) is 11.5 Å². The minimum absolute atomic E-state index is 0.0867. The number of esters is 1. The molecule has 43 heavy (non-hydrogen) atoms. The Morgan fingerprint density at radius 1 is 0.884 bits per heavy atom. The molecule has 4 aromatic carbocycles. The molecule has 3 atom stereocenters. The van der Waals surface area contributed by atoms with Crippen molar-refractivity contribution in [3.8, 4) is 11.5 Å². The number of nitro groups is 1. The number of halogens is 1. The molecule has 2 heterocycles. The lowest BCUT2D eigenvalue weighted by Crippen LogP contribution is -2.37. The van der Waals surface area contributed by atoms with Gasteiger partial charge in [-0.2, -0.15) is 0 Å². The Balaban J connectivity index is 1.36. The van der Waals surface area contributed by atoms with Crippen LogP contribution in [-0.4, -0.2) is 35.9 Å². The first-order valence-electron chi connectivity index (χ1n) is 13.1. The molecule has 0 aromatic heterocycles. The van der Waals surface area contributed by atoms with E-state index in [2.05, 4.69) is 0 Å². The summed E-state index contributed by atoms with van der Waals surface area (Å²) in [6, 6.07) is 22.8. The van der Waals surface area contributed by atoms with Crippen molar-refractivity contribution in [3.05, 3.63) is 124 Å². The van der Waals surface area contributed by atoms with Crippen LogP contribution in [-0.2, 0) is 14.4 Å². The molecular weight excluding hydrogens is 561 g/mol. The predicted octanol–water partition coefficient (Wildman–Crippen LogP) is 5.01. The van der Waals surface area contributed by atoms with E-state index in [1.54, 1.807) is 36.4 Å². The molecule has 2 aliphatic rings. The molecular formula is C31H22FN3O8. The standard InChI is InChI=1S/C31H22FN3O8/c1-41-25-17-19(9-16-24(25)42-31(38)18-7-10-20(32)11-8-18)27-26-28(43-34(27)22-5-3-2-4-6-22)30(37)33(29(26)36)21-12-14-23(15-13-21)35(39)40/h2-17,26-28H,1H3/t26-,27+,28-/m0/s1. The second-order valence-corrected chi connectivity index (χ2v) is 9.75. The van der Waals surface area contributed by atoms with Crippen molar-refractivity contribution in [3.63, 3.8) is 0 Å². The Kier molecular flexibility index (Phi) is 7.04. The van der Waals surface area contributed by atoms with Crippen molar-refractivity contribution in [1.29, 1.82) is 0 Å². The van der Waals surface area contributed by atoms with Crippen LogP contribution in [0.1, 0.15) is 22.0 Å².